The van der Waals surface area contributed by atoms with E-state index in [4.69, 9.17) is 4.43 Å². The van der Waals surface area contributed by atoms with E-state index in [1.807, 2.05) is 42.5 Å². The maximum Gasteiger partial charge on any atom is 0.321 e. The minimum absolute atomic E-state index is 0.198. The molecule has 0 unspecified atom stereocenters. The predicted octanol–water partition coefficient (Wildman–Crippen LogP) is 3.81. The third kappa shape index (κ3) is 6.14. The standard InChI is InChI=1S/C26H31NO3Si/c1-2-3-19-31(23-15-9-5-10-16-23,24-17-11-6-12-18-24)30-21-27-25(26(28)29)20-22-13-7-4-8-14-22/h4-18,25,27H,2-3,19-21H2,1H3,(H,28,29)/t25-/m0/s1. The van der Waals surface area contributed by atoms with E-state index in [0.717, 1.165) is 24.4 Å². The summed E-state index contributed by atoms with van der Waals surface area (Å²) in [7, 11) is -2.52. The third-order valence-corrected chi connectivity index (χ3v) is 9.82. The van der Waals surface area contributed by atoms with Gasteiger partial charge in [0.25, 0.3) is 8.32 Å². The molecule has 3 aromatic carbocycles. The molecule has 2 N–H and O–H groups in total. The number of carboxylic acids is 1. The molecule has 3 aromatic rings. The Morgan fingerprint density at radius 1 is 0.903 bits per heavy atom. The van der Waals surface area contributed by atoms with Crippen LogP contribution >= 0.6 is 0 Å². The fourth-order valence-corrected chi connectivity index (χ4v) is 7.93. The van der Waals surface area contributed by atoms with Crippen LogP contribution in [0.25, 0.3) is 0 Å². The molecule has 3 rings (SSSR count). The van der Waals surface area contributed by atoms with Gasteiger partial charge in [0.05, 0.1) is 6.73 Å². The highest BCUT2D eigenvalue weighted by Gasteiger charge is 2.39. The zero-order chi connectivity index (χ0) is 21.9. The second-order valence-corrected chi connectivity index (χ2v) is 11.3. The lowest BCUT2D eigenvalue weighted by Gasteiger charge is -2.33. The van der Waals surface area contributed by atoms with E-state index in [-0.39, 0.29) is 6.73 Å². The van der Waals surface area contributed by atoms with Crippen LogP contribution in [0.2, 0.25) is 6.04 Å². The van der Waals surface area contributed by atoms with Crippen molar-refractivity contribution in [2.24, 2.45) is 0 Å². The molecular formula is C26H31NO3Si. The lowest BCUT2D eigenvalue weighted by atomic mass is 10.1. The zero-order valence-electron chi connectivity index (χ0n) is 18.0. The SMILES string of the molecule is CCCC[Si](OCN[C@@H](Cc1ccccc1)C(=O)O)(c1ccccc1)c1ccccc1. The molecule has 1 atom stereocenters. The van der Waals surface area contributed by atoms with Gasteiger partial charge in [0.2, 0.25) is 0 Å². The number of rotatable bonds is 12. The van der Waals surface area contributed by atoms with Crippen molar-refractivity contribution < 1.29 is 14.3 Å². The van der Waals surface area contributed by atoms with E-state index in [1.54, 1.807) is 0 Å². The van der Waals surface area contributed by atoms with Crippen molar-refractivity contribution in [3.63, 3.8) is 0 Å². The first-order valence-electron chi connectivity index (χ1n) is 10.9. The van der Waals surface area contributed by atoms with Crippen LogP contribution in [0.15, 0.2) is 91.0 Å². The highest BCUT2D eigenvalue weighted by atomic mass is 28.4. The molecule has 4 nitrogen and oxygen atoms in total. The topological polar surface area (TPSA) is 58.6 Å². The minimum Gasteiger partial charge on any atom is -0.480 e. The number of nitrogens with one attached hydrogen (secondary N) is 1. The number of carbonyl (C=O) groups is 1. The Morgan fingerprint density at radius 2 is 1.42 bits per heavy atom. The Kier molecular flexibility index (Phi) is 8.59. The molecule has 0 aromatic heterocycles. The first kappa shape index (κ1) is 22.9. The quantitative estimate of drug-likeness (QED) is 0.337. The summed E-state index contributed by atoms with van der Waals surface area (Å²) in [5.41, 5.74) is 0.989. The van der Waals surface area contributed by atoms with Crippen LogP contribution in [0.5, 0.6) is 0 Å². The number of hydrogen-bond donors (Lipinski definition) is 2. The van der Waals surface area contributed by atoms with Gasteiger partial charge < -0.3 is 9.53 Å². The van der Waals surface area contributed by atoms with Crippen LogP contribution in [-0.2, 0) is 15.6 Å². The van der Waals surface area contributed by atoms with Gasteiger partial charge in [-0.25, -0.2) is 0 Å². The maximum absolute atomic E-state index is 11.9. The van der Waals surface area contributed by atoms with Crippen LogP contribution in [-0.4, -0.2) is 32.2 Å². The van der Waals surface area contributed by atoms with E-state index in [0.29, 0.717) is 6.42 Å². The molecule has 0 saturated carbocycles. The van der Waals surface area contributed by atoms with Crippen molar-refractivity contribution in [2.45, 2.75) is 38.3 Å². The molecule has 0 aliphatic carbocycles. The summed E-state index contributed by atoms with van der Waals surface area (Å²) >= 11 is 0. The van der Waals surface area contributed by atoms with Crippen molar-refractivity contribution in [1.82, 2.24) is 5.32 Å². The average Bonchev–Trinajstić information content (AvgIpc) is 2.82. The van der Waals surface area contributed by atoms with Crippen LogP contribution < -0.4 is 15.7 Å². The molecule has 0 bridgehead atoms. The second-order valence-electron chi connectivity index (χ2n) is 7.74. The van der Waals surface area contributed by atoms with Gasteiger partial charge in [0.15, 0.2) is 0 Å². The maximum atomic E-state index is 11.9. The fraction of sp³-hybridized carbons (Fsp3) is 0.269. The normalized spacial score (nSPS) is 12.4. The van der Waals surface area contributed by atoms with Crippen LogP contribution in [0.4, 0.5) is 0 Å². The first-order chi connectivity index (χ1) is 15.2. The molecule has 0 radical (unpaired) electrons. The zero-order valence-corrected chi connectivity index (χ0v) is 19.0. The van der Waals surface area contributed by atoms with E-state index < -0.39 is 20.3 Å². The Morgan fingerprint density at radius 3 is 1.90 bits per heavy atom. The highest BCUT2D eigenvalue weighted by molar-refractivity contribution is 6.97. The molecule has 0 heterocycles. The van der Waals surface area contributed by atoms with E-state index >= 15 is 0 Å². The molecule has 0 amide bonds. The van der Waals surface area contributed by atoms with Gasteiger partial charge in [-0.3, -0.25) is 10.1 Å². The van der Waals surface area contributed by atoms with E-state index in [1.165, 1.54) is 10.4 Å². The Hall–Kier alpha value is -2.73. The summed E-state index contributed by atoms with van der Waals surface area (Å²) in [6.07, 6.45) is 2.55. The summed E-state index contributed by atoms with van der Waals surface area (Å²) < 4.78 is 6.69. The van der Waals surface area contributed by atoms with E-state index in [9.17, 15) is 9.90 Å². The van der Waals surface area contributed by atoms with Crippen LogP contribution in [0.3, 0.4) is 0 Å². The number of hydrogen-bond acceptors (Lipinski definition) is 3. The molecule has 0 aliphatic rings. The molecule has 31 heavy (non-hydrogen) atoms. The van der Waals surface area contributed by atoms with Crippen molar-refractivity contribution >= 4 is 24.7 Å². The van der Waals surface area contributed by atoms with Gasteiger partial charge in [-0.05, 0) is 28.4 Å². The predicted molar refractivity (Wildman–Crippen MR) is 128 cm³/mol. The third-order valence-electron chi connectivity index (χ3n) is 5.59. The van der Waals surface area contributed by atoms with Gasteiger partial charge in [-0.1, -0.05) is 111 Å². The summed E-state index contributed by atoms with van der Waals surface area (Å²) in [4.78, 5) is 11.9. The highest BCUT2D eigenvalue weighted by Crippen LogP contribution is 2.17. The van der Waals surface area contributed by atoms with Gasteiger partial charge in [-0.15, -0.1) is 0 Å². The largest absolute Gasteiger partial charge is 0.480 e. The van der Waals surface area contributed by atoms with Gasteiger partial charge >= 0.3 is 5.97 Å². The number of benzene rings is 3. The number of aliphatic carboxylic acids is 1. The lowest BCUT2D eigenvalue weighted by Crippen LogP contribution is -2.62. The van der Waals surface area contributed by atoms with Gasteiger partial charge in [0, 0.05) is 0 Å². The van der Waals surface area contributed by atoms with Crippen molar-refractivity contribution in [1.29, 1.82) is 0 Å². The summed E-state index contributed by atoms with van der Waals surface area (Å²) in [6.45, 7) is 2.39. The lowest BCUT2D eigenvalue weighted by molar-refractivity contribution is -0.139. The Bertz CT molecular complexity index is 880. The fourth-order valence-electron chi connectivity index (χ4n) is 3.90. The van der Waals surface area contributed by atoms with Gasteiger partial charge in [-0.2, -0.15) is 0 Å². The molecule has 0 spiro atoms. The first-order valence-corrected chi connectivity index (χ1v) is 13.0. The summed E-state index contributed by atoms with van der Waals surface area (Å²) in [6, 6.07) is 30.8. The van der Waals surface area contributed by atoms with Crippen molar-refractivity contribution in [3.05, 3.63) is 96.6 Å². The summed E-state index contributed by atoms with van der Waals surface area (Å²) in [5, 5.41) is 15.3. The number of carboxylic acid groups (broad SMARTS) is 1. The molecular weight excluding hydrogens is 402 g/mol. The molecule has 0 aliphatic heterocycles. The van der Waals surface area contributed by atoms with Crippen LogP contribution in [0, 0.1) is 0 Å². The molecule has 0 saturated heterocycles. The second kappa shape index (κ2) is 11.6. The Labute approximate surface area is 186 Å². The van der Waals surface area contributed by atoms with E-state index in [2.05, 4.69) is 60.8 Å². The molecule has 0 fully saturated rings. The van der Waals surface area contributed by atoms with Gasteiger partial charge in [0.1, 0.15) is 6.04 Å². The monoisotopic (exact) mass is 433 g/mol. The van der Waals surface area contributed by atoms with Crippen molar-refractivity contribution in [2.75, 3.05) is 6.73 Å². The smallest absolute Gasteiger partial charge is 0.321 e. The Balaban J connectivity index is 1.83. The summed E-state index contributed by atoms with van der Waals surface area (Å²) in [5.74, 6) is -0.868. The average molecular weight is 434 g/mol. The molecule has 162 valence electrons. The van der Waals surface area contributed by atoms with Crippen molar-refractivity contribution in [3.8, 4) is 0 Å². The van der Waals surface area contributed by atoms with Crippen LogP contribution in [0.1, 0.15) is 25.3 Å². The number of unbranched alkanes of at least 4 members (excludes halogenated alkanes) is 1. The molecule has 5 heteroatoms. The minimum atomic E-state index is -2.52.